The zero-order chi connectivity index (χ0) is 15.8. The number of nitrogens with two attached hydrogens (primary N) is 1. The Labute approximate surface area is 137 Å². The van der Waals surface area contributed by atoms with E-state index in [0.717, 1.165) is 17.7 Å². The molecule has 0 heterocycles. The first kappa shape index (κ1) is 18.0. The fourth-order valence-electron chi connectivity index (χ4n) is 2.10. The number of thiocarbonyl (C=S) groups is 1. The van der Waals surface area contributed by atoms with Crippen LogP contribution < -0.4 is 5.73 Å². The average Bonchev–Trinajstić information content (AvgIpc) is 2.49. The highest BCUT2D eigenvalue weighted by molar-refractivity contribution is 7.98. The maximum Gasteiger partial charge on any atom is 0.232 e. The molecule has 2 atom stereocenters. The molecule has 0 saturated carbocycles. The quantitative estimate of drug-likeness (QED) is 0.747. The summed E-state index contributed by atoms with van der Waals surface area (Å²) in [6, 6.07) is 10.1. The van der Waals surface area contributed by atoms with Crippen molar-refractivity contribution in [2.75, 3.05) is 19.1 Å². The first-order valence-corrected chi connectivity index (χ1v) is 8.86. The summed E-state index contributed by atoms with van der Waals surface area (Å²) in [5.41, 5.74) is 6.88. The molecule has 0 bridgehead atoms. The highest BCUT2D eigenvalue weighted by Gasteiger charge is 2.27. The molecule has 3 nitrogen and oxygen atoms in total. The molecule has 2 N–H and O–H groups in total. The number of thioether (sulfide) groups is 1. The van der Waals surface area contributed by atoms with E-state index in [1.165, 1.54) is 0 Å². The van der Waals surface area contributed by atoms with Gasteiger partial charge < -0.3 is 10.6 Å². The first-order valence-electron chi connectivity index (χ1n) is 7.06. The topological polar surface area (TPSA) is 46.3 Å². The highest BCUT2D eigenvalue weighted by Crippen LogP contribution is 2.15. The summed E-state index contributed by atoms with van der Waals surface area (Å²) in [5, 5.41) is 0. The van der Waals surface area contributed by atoms with Crippen LogP contribution in [0.4, 0.5) is 0 Å². The third-order valence-electron chi connectivity index (χ3n) is 3.67. The van der Waals surface area contributed by atoms with Crippen LogP contribution in [0.2, 0.25) is 0 Å². The van der Waals surface area contributed by atoms with Gasteiger partial charge in [0.25, 0.3) is 0 Å². The van der Waals surface area contributed by atoms with Gasteiger partial charge in [0, 0.05) is 13.1 Å². The van der Waals surface area contributed by atoms with Gasteiger partial charge in [-0.05, 0) is 37.3 Å². The van der Waals surface area contributed by atoms with E-state index < -0.39 is 5.92 Å². The van der Waals surface area contributed by atoms with Crippen molar-refractivity contribution in [3.63, 3.8) is 0 Å². The van der Waals surface area contributed by atoms with Crippen molar-refractivity contribution in [2.45, 2.75) is 25.8 Å². The van der Waals surface area contributed by atoms with Crippen LogP contribution in [-0.2, 0) is 11.2 Å². The van der Waals surface area contributed by atoms with Gasteiger partial charge in [0.2, 0.25) is 5.91 Å². The van der Waals surface area contributed by atoms with E-state index in [4.69, 9.17) is 18.0 Å². The minimum absolute atomic E-state index is 0.0138. The number of nitrogens with zero attached hydrogens (tertiary/aromatic N) is 1. The van der Waals surface area contributed by atoms with Gasteiger partial charge in [0.15, 0.2) is 0 Å². The molecule has 0 fully saturated rings. The molecule has 0 aliphatic carbocycles. The summed E-state index contributed by atoms with van der Waals surface area (Å²) in [5.74, 6) is 0.624. The molecule has 0 radical (unpaired) electrons. The van der Waals surface area contributed by atoms with Crippen molar-refractivity contribution in [3.8, 4) is 0 Å². The van der Waals surface area contributed by atoms with Crippen LogP contribution in [0.3, 0.4) is 0 Å². The Kier molecular flexibility index (Phi) is 7.75. The van der Waals surface area contributed by atoms with Crippen LogP contribution in [0.25, 0.3) is 0 Å². The van der Waals surface area contributed by atoms with Crippen molar-refractivity contribution in [3.05, 3.63) is 35.9 Å². The zero-order valence-electron chi connectivity index (χ0n) is 12.9. The number of rotatable bonds is 8. The van der Waals surface area contributed by atoms with Gasteiger partial charge in [-0.2, -0.15) is 11.8 Å². The molecule has 0 aromatic heterocycles. The molecule has 1 rings (SSSR count). The molecule has 0 saturated heterocycles. The minimum Gasteiger partial charge on any atom is -0.393 e. The molecule has 0 aliphatic rings. The van der Waals surface area contributed by atoms with E-state index in [-0.39, 0.29) is 16.9 Å². The maximum atomic E-state index is 12.6. The lowest BCUT2D eigenvalue weighted by molar-refractivity contribution is -0.133. The third kappa shape index (κ3) is 5.67. The predicted octanol–water partition coefficient (Wildman–Crippen LogP) is 2.73. The van der Waals surface area contributed by atoms with Crippen LogP contribution in [0.1, 0.15) is 18.9 Å². The van der Waals surface area contributed by atoms with Gasteiger partial charge in [-0.3, -0.25) is 4.79 Å². The second-order valence-electron chi connectivity index (χ2n) is 5.22. The summed E-state index contributed by atoms with van der Waals surface area (Å²) in [6.45, 7) is 2.06. The summed E-state index contributed by atoms with van der Waals surface area (Å²) in [6.07, 6.45) is 3.61. The van der Waals surface area contributed by atoms with Crippen LogP contribution in [0.15, 0.2) is 30.3 Å². The predicted molar refractivity (Wildman–Crippen MR) is 95.7 cm³/mol. The van der Waals surface area contributed by atoms with E-state index in [1.54, 1.807) is 16.7 Å². The zero-order valence-corrected chi connectivity index (χ0v) is 14.5. The fourth-order valence-corrected chi connectivity index (χ4v) is 2.87. The Morgan fingerprint density at radius 2 is 2.00 bits per heavy atom. The normalized spacial score (nSPS) is 13.5. The van der Waals surface area contributed by atoms with Crippen LogP contribution in [-0.4, -0.2) is 40.9 Å². The summed E-state index contributed by atoms with van der Waals surface area (Å²) < 4.78 is 0. The Morgan fingerprint density at radius 1 is 1.38 bits per heavy atom. The van der Waals surface area contributed by atoms with Gasteiger partial charge in [0.05, 0.1) is 10.9 Å². The summed E-state index contributed by atoms with van der Waals surface area (Å²) in [4.78, 5) is 14.7. The number of amides is 1. The lowest BCUT2D eigenvalue weighted by Crippen LogP contribution is -2.44. The Bertz CT molecular complexity index is 465. The molecule has 1 aromatic carbocycles. The lowest BCUT2D eigenvalue weighted by Gasteiger charge is -2.28. The first-order chi connectivity index (χ1) is 9.97. The number of carbonyl (C=O) groups excluding carboxylic acids is 1. The van der Waals surface area contributed by atoms with Gasteiger partial charge in [-0.15, -0.1) is 0 Å². The number of carbonyl (C=O) groups is 1. The van der Waals surface area contributed by atoms with Gasteiger partial charge in [0.1, 0.15) is 0 Å². The van der Waals surface area contributed by atoms with Crippen LogP contribution >= 0.6 is 24.0 Å². The van der Waals surface area contributed by atoms with E-state index in [2.05, 4.69) is 13.2 Å². The van der Waals surface area contributed by atoms with Crippen LogP contribution in [0, 0.1) is 5.92 Å². The molecule has 1 aromatic rings. The largest absolute Gasteiger partial charge is 0.393 e. The van der Waals surface area contributed by atoms with Crippen molar-refractivity contribution >= 4 is 34.9 Å². The SMILES string of the molecule is CSCCC(C)N(C)C(=O)C(Cc1ccccc1)C(N)=S. The second-order valence-corrected chi connectivity index (χ2v) is 6.68. The monoisotopic (exact) mass is 324 g/mol. The summed E-state index contributed by atoms with van der Waals surface area (Å²) >= 11 is 6.90. The smallest absolute Gasteiger partial charge is 0.232 e. The Morgan fingerprint density at radius 3 is 2.52 bits per heavy atom. The molecule has 21 heavy (non-hydrogen) atoms. The van der Waals surface area contributed by atoms with E-state index in [0.29, 0.717) is 6.42 Å². The third-order valence-corrected chi connectivity index (χ3v) is 4.60. The van der Waals surface area contributed by atoms with Crippen molar-refractivity contribution < 1.29 is 4.79 Å². The summed E-state index contributed by atoms with van der Waals surface area (Å²) in [7, 11) is 1.84. The Balaban J connectivity index is 2.75. The van der Waals surface area contributed by atoms with Gasteiger partial charge in [-0.1, -0.05) is 42.5 Å². The molecule has 0 spiro atoms. The van der Waals surface area contributed by atoms with E-state index in [9.17, 15) is 4.79 Å². The van der Waals surface area contributed by atoms with Gasteiger partial charge >= 0.3 is 0 Å². The highest BCUT2D eigenvalue weighted by atomic mass is 32.2. The molecular formula is C16H24N2OS2. The molecule has 1 amide bonds. The maximum absolute atomic E-state index is 12.6. The second kappa shape index (κ2) is 9.05. The fraction of sp³-hybridized carbons (Fsp3) is 0.500. The minimum atomic E-state index is -0.427. The number of benzene rings is 1. The van der Waals surface area contributed by atoms with Crippen molar-refractivity contribution in [2.24, 2.45) is 11.7 Å². The molecule has 2 unspecified atom stereocenters. The van der Waals surface area contributed by atoms with Crippen molar-refractivity contribution in [1.29, 1.82) is 0 Å². The van der Waals surface area contributed by atoms with Gasteiger partial charge in [-0.25, -0.2) is 0 Å². The Hall–Kier alpha value is -1.07. The number of hydrogen-bond acceptors (Lipinski definition) is 3. The van der Waals surface area contributed by atoms with E-state index >= 15 is 0 Å². The van der Waals surface area contributed by atoms with Crippen molar-refractivity contribution in [1.82, 2.24) is 4.90 Å². The molecule has 5 heteroatoms. The standard InChI is InChI=1S/C16H24N2OS2/c1-12(9-10-21-3)18(2)16(19)14(15(17)20)11-13-7-5-4-6-8-13/h4-8,12,14H,9-11H2,1-3H3,(H2,17,20). The molecule has 0 aliphatic heterocycles. The molecular weight excluding hydrogens is 300 g/mol. The average molecular weight is 325 g/mol. The molecule has 116 valence electrons. The van der Waals surface area contributed by atoms with E-state index in [1.807, 2.05) is 37.4 Å². The van der Waals surface area contributed by atoms with Crippen LogP contribution in [0.5, 0.6) is 0 Å². The lowest BCUT2D eigenvalue weighted by atomic mass is 9.97. The number of hydrogen-bond donors (Lipinski definition) is 1.